The van der Waals surface area contributed by atoms with Gasteiger partial charge in [0.15, 0.2) is 5.69 Å². The minimum absolute atomic E-state index is 0.00960. The van der Waals surface area contributed by atoms with E-state index in [1.807, 2.05) is 37.3 Å². The molecular formula is C17H20F3N3O. The average Bonchev–Trinajstić information content (AvgIpc) is 2.98. The van der Waals surface area contributed by atoms with Gasteiger partial charge in [0.25, 0.3) is 5.91 Å². The first-order valence-corrected chi connectivity index (χ1v) is 7.69. The van der Waals surface area contributed by atoms with Crippen LogP contribution in [0.4, 0.5) is 13.2 Å². The Morgan fingerprint density at radius 3 is 2.38 bits per heavy atom. The van der Waals surface area contributed by atoms with Crippen LogP contribution < -0.4 is 5.32 Å². The van der Waals surface area contributed by atoms with E-state index in [1.54, 1.807) is 13.8 Å². The Bertz CT molecular complexity index is 693. The fourth-order valence-electron chi connectivity index (χ4n) is 2.44. The molecule has 0 spiro atoms. The second-order valence-electron chi connectivity index (χ2n) is 5.96. The minimum atomic E-state index is -4.64. The van der Waals surface area contributed by atoms with Crippen LogP contribution in [0.5, 0.6) is 0 Å². The third-order valence-electron chi connectivity index (χ3n) is 3.74. The van der Waals surface area contributed by atoms with Gasteiger partial charge in [0.05, 0.1) is 11.8 Å². The summed E-state index contributed by atoms with van der Waals surface area (Å²) in [5.74, 6) is -0.776. The van der Waals surface area contributed by atoms with E-state index >= 15 is 0 Å². The highest BCUT2D eigenvalue weighted by Gasteiger charge is 2.40. The molecule has 0 aliphatic carbocycles. The Morgan fingerprint density at radius 1 is 1.21 bits per heavy atom. The maximum atomic E-state index is 13.3. The summed E-state index contributed by atoms with van der Waals surface area (Å²) >= 11 is 0. The molecule has 1 aromatic heterocycles. The smallest absolute Gasteiger partial charge is 0.351 e. The van der Waals surface area contributed by atoms with Crippen molar-refractivity contribution in [2.75, 3.05) is 6.54 Å². The number of nitrogens with zero attached hydrogens (tertiary/aromatic N) is 2. The molecule has 2 rings (SSSR count). The lowest BCUT2D eigenvalue weighted by molar-refractivity contribution is -0.145. The third-order valence-corrected chi connectivity index (χ3v) is 3.74. The first-order valence-electron chi connectivity index (χ1n) is 7.69. The summed E-state index contributed by atoms with van der Waals surface area (Å²) in [5, 5.41) is 6.29. The minimum Gasteiger partial charge on any atom is -0.351 e. The summed E-state index contributed by atoms with van der Waals surface area (Å²) < 4.78 is 40.7. The molecule has 1 amide bonds. The van der Waals surface area contributed by atoms with E-state index in [4.69, 9.17) is 0 Å². The zero-order chi connectivity index (χ0) is 17.9. The molecule has 1 heterocycles. The Hall–Kier alpha value is -2.31. The fourth-order valence-corrected chi connectivity index (χ4v) is 2.44. The van der Waals surface area contributed by atoms with E-state index in [0.717, 1.165) is 16.4 Å². The van der Waals surface area contributed by atoms with E-state index < -0.39 is 29.4 Å². The Labute approximate surface area is 138 Å². The molecule has 0 bridgehead atoms. The Balaban J connectivity index is 2.16. The lowest BCUT2D eigenvalue weighted by Gasteiger charge is -2.16. The van der Waals surface area contributed by atoms with Crippen molar-refractivity contribution in [1.29, 1.82) is 0 Å². The zero-order valence-corrected chi connectivity index (χ0v) is 13.8. The standard InChI is InChI=1S/C17H20F3N3O/c1-11(2)23-15(17(18,19)20)14(10-22-23)16(24)21-9-12(3)13-7-5-4-6-8-13/h4-8,10-12H,9H2,1-3H3,(H,21,24). The van der Waals surface area contributed by atoms with Crippen molar-refractivity contribution in [3.05, 3.63) is 53.3 Å². The molecule has 0 saturated heterocycles. The number of aromatic nitrogens is 2. The molecule has 24 heavy (non-hydrogen) atoms. The number of nitrogens with one attached hydrogen (secondary N) is 1. The molecule has 1 unspecified atom stereocenters. The highest BCUT2D eigenvalue weighted by atomic mass is 19.4. The largest absolute Gasteiger partial charge is 0.433 e. The molecule has 2 aromatic rings. The first-order chi connectivity index (χ1) is 11.2. The molecule has 0 fully saturated rings. The summed E-state index contributed by atoms with van der Waals surface area (Å²) in [6.45, 7) is 5.31. The maximum Gasteiger partial charge on any atom is 0.433 e. The van der Waals surface area contributed by atoms with Gasteiger partial charge >= 0.3 is 6.18 Å². The van der Waals surface area contributed by atoms with Crippen LogP contribution in [0.3, 0.4) is 0 Å². The molecular weight excluding hydrogens is 319 g/mol. The number of halogens is 3. The van der Waals surface area contributed by atoms with Crippen LogP contribution in [0.25, 0.3) is 0 Å². The van der Waals surface area contributed by atoms with Crippen LogP contribution in [0.2, 0.25) is 0 Å². The van der Waals surface area contributed by atoms with Gasteiger partial charge in [-0.05, 0) is 25.3 Å². The summed E-state index contributed by atoms with van der Waals surface area (Å²) in [6.07, 6.45) is -3.66. The van der Waals surface area contributed by atoms with E-state index in [9.17, 15) is 18.0 Å². The lowest BCUT2D eigenvalue weighted by atomic mass is 10.0. The molecule has 1 aromatic carbocycles. The summed E-state index contributed by atoms with van der Waals surface area (Å²) in [7, 11) is 0. The summed E-state index contributed by atoms with van der Waals surface area (Å²) in [4.78, 5) is 12.2. The predicted octanol–water partition coefficient (Wildman–Crippen LogP) is 4.02. The molecule has 1 N–H and O–H groups in total. The first kappa shape index (κ1) is 18.0. The van der Waals surface area contributed by atoms with Gasteiger partial charge in [-0.1, -0.05) is 37.3 Å². The van der Waals surface area contributed by atoms with Crippen molar-refractivity contribution < 1.29 is 18.0 Å². The van der Waals surface area contributed by atoms with Crippen molar-refractivity contribution in [1.82, 2.24) is 15.1 Å². The van der Waals surface area contributed by atoms with Crippen molar-refractivity contribution in [3.63, 3.8) is 0 Å². The Kier molecular flexibility index (Phi) is 5.31. The average molecular weight is 339 g/mol. The number of benzene rings is 1. The molecule has 0 aliphatic heterocycles. The number of hydrogen-bond acceptors (Lipinski definition) is 2. The van der Waals surface area contributed by atoms with Gasteiger partial charge < -0.3 is 5.32 Å². The quantitative estimate of drug-likeness (QED) is 0.894. The molecule has 4 nitrogen and oxygen atoms in total. The van der Waals surface area contributed by atoms with Crippen molar-refractivity contribution in [3.8, 4) is 0 Å². The van der Waals surface area contributed by atoms with Crippen LogP contribution in [-0.2, 0) is 6.18 Å². The van der Waals surface area contributed by atoms with E-state index in [0.29, 0.717) is 0 Å². The number of amides is 1. The third kappa shape index (κ3) is 3.96. The van der Waals surface area contributed by atoms with E-state index in [2.05, 4.69) is 10.4 Å². The van der Waals surface area contributed by atoms with Gasteiger partial charge in [-0.25, -0.2) is 0 Å². The highest BCUT2D eigenvalue weighted by Crippen LogP contribution is 2.33. The second kappa shape index (κ2) is 7.07. The SMILES string of the molecule is CC(CNC(=O)c1cnn(C(C)C)c1C(F)(F)F)c1ccccc1. The molecule has 130 valence electrons. The summed E-state index contributed by atoms with van der Waals surface area (Å²) in [6, 6.07) is 8.96. The number of carbonyl (C=O) groups is 1. The number of hydrogen-bond donors (Lipinski definition) is 1. The molecule has 0 saturated carbocycles. The van der Waals surface area contributed by atoms with Gasteiger partial charge in [0.1, 0.15) is 0 Å². The van der Waals surface area contributed by atoms with Crippen LogP contribution >= 0.6 is 0 Å². The monoisotopic (exact) mass is 339 g/mol. The number of carbonyl (C=O) groups excluding carboxylic acids is 1. The van der Waals surface area contributed by atoms with Gasteiger partial charge in [-0.3, -0.25) is 9.48 Å². The number of rotatable bonds is 5. The van der Waals surface area contributed by atoms with Crippen LogP contribution in [0.1, 0.15) is 54.3 Å². The van der Waals surface area contributed by atoms with Gasteiger partial charge in [-0.2, -0.15) is 18.3 Å². The van der Waals surface area contributed by atoms with E-state index in [-0.39, 0.29) is 12.5 Å². The topological polar surface area (TPSA) is 46.9 Å². The molecule has 0 radical (unpaired) electrons. The highest BCUT2D eigenvalue weighted by molar-refractivity contribution is 5.95. The number of alkyl halides is 3. The normalized spacial score (nSPS) is 13.1. The van der Waals surface area contributed by atoms with Crippen LogP contribution in [-0.4, -0.2) is 22.2 Å². The second-order valence-corrected chi connectivity index (χ2v) is 5.96. The fraction of sp³-hybridized carbons (Fsp3) is 0.412. The molecule has 7 heteroatoms. The zero-order valence-electron chi connectivity index (χ0n) is 13.8. The Morgan fingerprint density at radius 2 is 1.83 bits per heavy atom. The maximum absolute atomic E-state index is 13.3. The summed E-state index contributed by atoms with van der Waals surface area (Å²) in [5.41, 5.74) is -0.453. The van der Waals surface area contributed by atoms with Crippen LogP contribution in [0.15, 0.2) is 36.5 Å². The van der Waals surface area contributed by atoms with Gasteiger partial charge in [0.2, 0.25) is 0 Å². The van der Waals surface area contributed by atoms with Gasteiger partial charge in [0, 0.05) is 12.6 Å². The predicted molar refractivity (Wildman–Crippen MR) is 84.8 cm³/mol. The molecule has 1 atom stereocenters. The van der Waals surface area contributed by atoms with Crippen molar-refractivity contribution in [2.45, 2.75) is 38.9 Å². The van der Waals surface area contributed by atoms with E-state index in [1.165, 1.54) is 0 Å². The van der Waals surface area contributed by atoms with Gasteiger partial charge in [-0.15, -0.1) is 0 Å². The van der Waals surface area contributed by atoms with Crippen molar-refractivity contribution in [2.24, 2.45) is 0 Å². The lowest BCUT2D eigenvalue weighted by Crippen LogP contribution is -2.30. The van der Waals surface area contributed by atoms with Crippen molar-refractivity contribution >= 4 is 5.91 Å². The molecule has 0 aliphatic rings. The van der Waals surface area contributed by atoms with Crippen LogP contribution in [0, 0.1) is 0 Å².